The minimum atomic E-state index is -0.139. The van der Waals surface area contributed by atoms with E-state index >= 15 is 0 Å². The number of carbonyl (C=O) groups excluding carboxylic acids is 2. The van der Waals surface area contributed by atoms with Crippen molar-refractivity contribution in [3.8, 4) is 22.6 Å². The third kappa shape index (κ3) is 5.82. The fourth-order valence-corrected chi connectivity index (χ4v) is 6.48. The molecule has 0 radical (unpaired) electrons. The zero-order valence-electron chi connectivity index (χ0n) is 21.9. The molecule has 0 spiro atoms. The number of amides is 2. The fourth-order valence-electron chi connectivity index (χ4n) is 4.45. The molecule has 1 aliphatic rings. The van der Waals surface area contributed by atoms with Crippen molar-refractivity contribution in [2.45, 2.75) is 20.8 Å². The molecule has 1 aromatic heterocycles. The Morgan fingerprint density at radius 3 is 2.51 bits per heavy atom. The van der Waals surface area contributed by atoms with E-state index in [0.29, 0.717) is 29.2 Å². The Morgan fingerprint density at radius 1 is 1.05 bits per heavy atom. The molecule has 2 amide bonds. The standard InChI is InChI=1S/C29H33N3O4Se/c1-6-32(7-2)13-12-30-28(33)24-16-21(37-18(24)3)17-25-23-10-8-19(14-26(23)31-29(25)34)22-11-9-20(35-4)15-27(22)36-5/h8-11,14-17H,6-7,12-13H2,1-5H3,(H,30,33)(H,31,34). The third-order valence-corrected chi connectivity index (χ3v) is 8.69. The van der Waals surface area contributed by atoms with E-state index in [0.717, 1.165) is 50.9 Å². The van der Waals surface area contributed by atoms with E-state index in [9.17, 15) is 9.59 Å². The van der Waals surface area contributed by atoms with Crippen molar-refractivity contribution in [3.05, 3.63) is 62.5 Å². The van der Waals surface area contributed by atoms with Crippen LogP contribution in [0.5, 0.6) is 11.5 Å². The zero-order valence-corrected chi connectivity index (χ0v) is 23.6. The van der Waals surface area contributed by atoms with Crippen molar-refractivity contribution >= 4 is 43.7 Å². The van der Waals surface area contributed by atoms with Gasteiger partial charge in [-0.3, -0.25) is 0 Å². The normalized spacial score (nSPS) is 13.6. The molecule has 7 nitrogen and oxygen atoms in total. The summed E-state index contributed by atoms with van der Waals surface area (Å²) < 4.78 is 12.9. The molecule has 3 aromatic rings. The van der Waals surface area contributed by atoms with Gasteiger partial charge in [0.1, 0.15) is 0 Å². The van der Waals surface area contributed by atoms with Gasteiger partial charge >= 0.3 is 217 Å². The second-order valence-corrected chi connectivity index (χ2v) is 11.4. The van der Waals surface area contributed by atoms with Gasteiger partial charge in [0.2, 0.25) is 0 Å². The van der Waals surface area contributed by atoms with Crippen LogP contribution in [-0.2, 0) is 4.79 Å². The molecule has 0 bridgehead atoms. The molecule has 0 aliphatic carbocycles. The number of hydrogen-bond donors (Lipinski definition) is 2. The van der Waals surface area contributed by atoms with Gasteiger partial charge in [-0.15, -0.1) is 0 Å². The number of rotatable bonds is 10. The van der Waals surface area contributed by atoms with Gasteiger partial charge in [0, 0.05) is 0 Å². The van der Waals surface area contributed by atoms with Gasteiger partial charge in [-0.1, -0.05) is 0 Å². The fraction of sp³-hybridized carbons (Fsp3) is 0.310. The van der Waals surface area contributed by atoms with Gasteiger partial charge in [0.05, 0.1) is 7.11 Å². The number of carbonyl (C=O) groups is 2. The first-order valence-corrected chi connectivity index (χ1v) is 14.1. The first-order valence-electron chi connectivity index (χ1n) is 12.4. The van der Waals surface area contributed by atoms with Crippen LogP contribution >= 0.6 is 0 Å². The number of anilines is 1. The van der Waals surface area contributed by atoms with Gasteiger partial charge in [-0.2, -0.15) is 0 Å². The molecule has 0 unspecified atom stereocenters. The molecule has 1 aliphatic heterocycles. The van der Waals surface area contributed by atoms with Crippen LogP contribution in [0.4, 0.5) is 5.69 Å². The molecule has 2 N–H and O–H groups in total. The van der Waals surface area contributed by atoms with Crippen molar-refractivity contribution in [1.82, 2.24) is 10.2 Å². The summed E-state index contributed by atoms with van der Waals surface area (Å²) in [6.07, 6.45) is 1.93. The Balaban J connectivity index is 1.55. The molecule has 0 fully saturated rings. The number of ether oxygens (including phenoxy) is 2. The van der Waals surface area contributed by atoms with E-state index in [2.05, 4.69) is 29.4 Å². The molecule has 194 valence electrons. The number of likely N-dealkylation sites (N-methyl/N-ethyl adjacent to an activating group) is 1. The summed E-state index contributed by atoms with van der Waals surface area (Å²) in [6.45, 7) is 9.62. The number of nitrogens with zero attached hydrogens (tertiary/aromatic N) is 1. The molecular formula is C29H33N3O4Se. The average molecular weight is 567 g/mol. The third-order valence-electron chi connectivity index (χ3n) is 6.60. The Hall–Kier alpha value is -3.32. The topological polar surface area (TPSA) is 79.9 Å². The summed E-state index contributed by atoms with van der Waals surface area (Å²) in [5, 5.41) is 6.04. The van der Waals surface area contributed by atoms with Gasteiger partial charge in [0.25, 0.3) is 0 Å². The summed E-state index contributed by atoms with van der Waals surface area (Å²) in [5.74, 6) is 1.23. The molecule has 4 rings (SSSR count). The molecule has 37 heavy (non-hydrogen) atoms. The molecule has 2 heterocycles. The average Bonchev–Trinajstić information content (AvgIpc) is 3.44. The summed E-state index contributed by atoms with van der Waals surface area (Å²) >= 11 is -0.00200. The number of methoxy groups -OCH3 is 2. The zero-order chi connectivity index (χ0) is 26.5. The maximum absolute atomic E-state index is 12.9. The van der Waals surface area contributed by atoms with Crippen LogP contribution in [0.1, 0.15) is 38.6 Å². The SMILES string of the molecule is CCN(CC)CCNC(=O)c1cc(C=C2C(=O)Nc3cc(-c4ccc(OC)cc4OC)ccc32)[se]c1C. The van der Waals surface area contributed by atoms with Crippen LogP contribution in [0.3, 0.4) is 0 Å². The van der Waals surface area contributed by atoms with Gasteiger partial charge in [-0.05, 0) is 0 Å². The van der Waals surface area contributed by atoms with Crippen LogP contribution in [0, 0.1) is 6.92 Å². The van der Waals surface area contributed by atoms with Crippen molar-refractivity contribution in [3.63, 3.8) is 0 Å². The van der Waals surface area contributed by atoms with Gasteiger partial charge in [-0.25, -0.2) is 0 Å². The predicted octanol–water partition coefficient (Wildman–Crippen LogP) is 4.30. The van der Waals surface area contributed by atoms with Crippen LogP contribution in [0.2, 0.25) is 0 Å². The minimum absolute atomic E-state index is 0.00200. The number of benzene rings is 2. The second kappa shape index (κ2) is 11.8. The second-order valence-electron chi connectivity index (χ2n) is 8.74. The summed E-state index contributed by atoms with van der Waals surface area (Å²) in [6, 6.07) is 13.5. The molecule has 8 heteroatoms. The van der Waals surface area contributed by atoms with E-state index < -0.39 is 0 Å². The number of nitrogens with one attached hydrogen (secondary N) is 2. The van der Waals surface area contributed by atoms with Crippen LogP contribution in [-0.4, -0.2) is 71.6 Å². The Labute approximate surface area is 224 Å². The first kappa shape index (κ1) is 26.7. The molecule has 0 saturated heterocycles. The van der Waals surface area contributed by atoms with E-state index in [1.807, 2.05) is 55.5 Å². The van der Waals surface area contributed by atoms with Gasteiger partial charge in [0.15, 0.2) is 0 Å². The predicted molar refractivity (Wildman–Crippen MR) is 150 cm³/mol. The summed E-state index contributed by atoms with van der Waals surface area (Å²) in [4.78, 5) is 28.0. The van der Waals surface area contributed by atoms with Gasteiger partial charge < -0.3 is 0 Å². The maximum atomic E-state index is 12.9. The summed E-state index contributed by atoms with van der Waals surface area (Å²) in [5.41, 5.74) is 4.80. The molecule has 0 saturated carbocycles. The Morgan fingerprint density at radius 2 is 1.81 bits per heavy atom. The molecular weight excluding hydrogens is 533 g/mol. The monoisotopic (exact) mass is 567 g/mol. The first-order chi connectivity index (χ1) is 17.9. The van der Waals surface area contributed by atoms with Crippen molar-refractivity contribution in [1.29, 1.82) is 0 Å². The Kier molecular flexibility index (Phi) is 8.54. The number of hydrogen-bond acceptors (Lipinski definition) is 5. The van der Waals surface area contributed by atoms with Crippen LogP contribution < -0.4 is 20.1 Å². The van der Waals surface area contributed by atoms with Crippen molar-refractivity contribution < 1.29 is 19.1 Å². The van der Waals surface area contributed by atoms with Crippen molar-refractivity contribution in [2.75, 3.05) is 45.7 Å². The quantitative estimate of drug-likeness (QED) is 0.283. The van der Waals surface area contributed by atoms with E-state index in [1.54, 1.807) is 14.2 Å². The van der Waals surface area contributed by atoms with E-state index in [-0.39, 0.29) is 26.3 Å². The molecule has 2 aromatic carbocycles. The van der Waals surface area contributed by atoms with E-state index in [1.165, 1.54) is 0 Å². The summed E-state index contributed by atoms with van der Waals surface area (Å²) in [7, 11) is 3.25. The Bertz CT molecular complexity index is 1340. The van der Waals surface area contributed by atoms with Crippen LogP contribution in [0.25, 0.3) is 22.8 Å². The van der Waals surface area contributed by atoms with Crippen molar-refractivity contribution in [2.24, 2.45) is 0 Å². The number of aryl methyl sites for hydroxylation is 1. The van der Waals surface area contributed by atoms with E-state index in [4.69, 9.17) is 9.47 Å². The number of fused-ring (bicyclic) bond motifs is 1. The molecule has 0 atom stereocenters. The van der Waals surface area contributed by atoms with Crippen LogP contribution in [0.15, 0.2) is 42.5 Å².